The molecule has 1 atom stereocenters. The smallest absolute Gasteiger partial charge is 0.254 e. The minimum Gasteiger partial charge on any atom is -0.393 e. The van der Waals surface area contributed by atoms with Crippen LogP contribution in [0.5, 0.6) is 0 Å². The van der Waals surface area contributed by atoms with Crippen molar-refractivity contribution in [1.29, 1.82) is 0 Å². The molecule has 6 heteroatoms. The van der Waals surface area contributed by atoms with Crippen molar-refractivity contribution in [2.45, 2.75) is 19.4 Å². The third-order valence-electron chi connectivity index (χ3n) is 2.12. The monoisotopic (exact) mass is 295 g/mol. The zero-order valence-electron chi connectivity index (χ0n) is 9.14. The van der Waals surface area contributed by atoms with Crippen molar-refractivity contribution >= 4 is 40.7 Å². The maximum Gasteiger partial charge on any atom is 0.254 e. The van der Waals surface area contributed by atoms with Gasteiger partial charge in [-0.15, -0.1) is 0 Å². The summed E-state index contributed by atoms with van der Waals surface area (Å²) < 4.78 is 0. The van der Waals surface area contributed by atoms with Crippen LogP contribution in [0, 0.1) is 0 Å². The van der Waals surface area contributed by atoms with Gasteiger partial charge < -0.3 is 10.4 Å². The number of aliphatic hydroxyl groups is 1. The van der Waals surface area contributed by atoms with Gasteiger partial charge in [-0.3, -0.25) is 4.79 Å². The maximum absolute atomic E-state index is 11.8. The van der Waals surface area contributed by atoms with Crippen molar-refractivity contribution < 1.29 is 9.90 Å². The number of aliphatic hydroxyl groups excluding tert-OH is 1. The molecule has 1 amide bonds. The molecule has 3 nitrogen and oxygen atoms in total. The van der Waals surface area contributed by atoms with E-state index in [1.54, 1.807) is 6.92 Å². The average Bonchev–Trinajstić information content (AvgIpc) is 2.23. The highest BCUT2D eigenvalue weighted by Crippen LogP contribution is 2.31. The van der Waals surface area contributed by atoms with Gasteiger partial charge in [-0.2, -0.15) is 0 Å². The van der Waals surface area contributed by atoms with E-state index in [1.807, 2.05) is 0 Å². The normalized spacial score (nSPS) is 12.3. The van der Waals surface area contributed by atoms with Crippen LogP contribution in [0.4, 0.5) is 0 Å². The van der Waals surface area contributed by atoms with Crippen molar-refractivity contribution in [3.05, 3.63) is 32.8 Å². The van der Waals surface area contributed by atoms with Crippen LogP contribution in [0.2, 0.25) is 15.1 Å². The Kier molecular flexibility index (Phi) is 5.53. The number of carbonyl (C=O) groups excluding carboxylic acids is 1. The van der Waals surface area contributed by atoms with Crippen molar-refractivity contribution in [2.24, 2.45) is 0 Å². The number of hydrogen-bond donors (Lipinski definition) is 2. The molecule has 1 unspecified atom stereocenters. The second kappa shape index (κ2) is 6.45. The summed E-state index contributed by atoms with van der Waals surface area (Å²) in [6.45, 7) is 1.99. The fourth-order valence-electron chi connectivity index (χ4n) is 1.22. The summed E-state index contributed by atoms with van der Waals surface area (Å²) in [5.74, 6) is -0.400. The number of amides is 1. The molecule has 0 saturated heterocycles. The Morgan fingerprint density at radius 2 is 1.94 bits per heavy atom. The van der Waals surface area contributed by atoms with E-state index >= 15 is 0 Å². The summed E-state index contributed by atoms with van der Waals surface area (Å²) in [5.41, 5.74) is 0.159. The average molecular weight is 297 g/mol. The Hall–Kier alpha value is -0.480. The van der Waals surface area contributed by atoms with Gasteiger partial charge in [0.2, 0.25) is 0 Å². The Labute approximate surface area is 115 Å². The van der Waals surface area contributed by atoms with Crippen molar-refractivity contribution in [2.75, 3.05) is 6.54 Å². The SMILES string of the molecule is CC(O)CCNC(=O)c1c(Cl)ccc(Cl)c1Cl. The zero-order chi connectivity index (χ0) is 13.0. The van der Waals surface area contributed by atoms with E-state index in [1.165, 1.54) is 12.1 Å². The molecule has 0 aliphatic heterocycles. The minimum absolute atomic E-state index is 0.133. The van der Waals surface area contributed by atoms with Crippen molar-refractivity contribution in [3.63, 3.8) is 0 Å². The van der Waals surface area contributed by atoms with Gasteiger partial charge in [0.1, 0.15) is 0 Å². The van der Waals surface area contributed by atoms with Gasteiger partial charge in [-0.1, -0.05) is 34.8 Å². The molecule has 17 heavy (non-hydrogen) atoms. The molecule has 0 spiro atoms. The van der Waals surface area contributed by atoms with Gasteiger partial charge in [-0.05, 0) is 25.5 Å². The number of benzene rings is 1. The first-order chi connectivity index (χ1) is 7.93. The first kappa shape index (κ1) is 14.6. The molecule has 0 aromatic heterocycles. The number of carbonyl (C=O) groups is 1. The van der Waals surface area contributed by atoms with E-state index < -0.39 is 12.0 Å². The summed E-state index contributed by atoms with van der Waals surface area (Å²) in [5, 5.41) is 12.3. The lowest BCUT2D eigenvalue weighted by atomic mass is 10.2. The number of nitrogens with one attached hydrogen (secondary N) is 1. The predicted molar refractivity (Wildman–Crippen MR) is 70.1 cm³/mol. The van der Waals surface area contributed by atoms with Crippen LogP contribution in [-0.4, -0.2) is 23.7 Å². The summed E-state index contributed by atoms with van der Waals surface area (Å²) in [7, 11) is 0. The molecule has 0 heterocycles. The molecule has 0 saturated carbocycles. The van der Waals surface area contributed by atoms with E-state index in [4.69, 9.17) is 39.9 Å². The Bertz CT molecular complexity index is 421. The molecule has 1 aromatic carbocycles. The minimum atomic E-state index is -0.472. The highest BCUT2D eigenvalue weighted by atomic mass is 35.5. The number of hydrogen-bond acceptors (Lipinski definition) is 2. The molecule has 0 radical (unpaired) electrons. The van der Waals surface area contributed by atoms with Crippen LogP contribution in [0.1, 0.15) is 23.7 Å². The van der Waals surface area contributed by atoms with Gasteiger partial charge in [0.05, 0.1) is 26.7 Å². The molecule has 2 N–H and O–H groups in total. The first-order valence-corrected chi connectivity index (χ1v) is 6.16. The summed E-state index contributed by atoms with van der Waals surface area (Å²) in [4.78, 5) is 11.8. The molecule has 1 rings (SSSR count). The predicted octanol–water partition coefficient (Wildman–Crippen LogP) is 3.15. The van der Waals surface area contributed by atoms with Crippen molar-refractivity contribution in [1.82, 2.24) is 5.32 Å². The fourth-order valence-corrected chi connectivity index (χ4v) is 1.92. The molecule has 1 aromatic rings. The van der Waals surface area contributed by atoms with Crippen LogP contribution >= 0.6 is 34.8 Å². The van der Waals surface area contributed by atoms with Gasteiger partial charge in [0, 0.05) is 6.54 Å². The standard InChI is InChI=1S/C11H12Cl3NO2/c1-6(16)4-5-15-11(17)9-7(12)2-3-8(13)10(9)14/h2-3,6,16H,4-5H2,1H3,(H,15,17). The highest BCUT2D eigenvalue weighted by molar-refractivity contribution is 6.46. The first-order valence-electron chi connectivity index (χ1n) is 5.03. The third kappa shape index (κ3) is 4.03. The van der Waals surface area contributed by atoms with Gasteiger partial charge in [-0.25, -0.2) is 0 Å². The Morgan fingerprint density at radius 3 is 2.53 bits per heavy atom. The molecule has 0 aliphatic carbocycles. The largest absolute Gasteiger partial charge is 0.393 e. The summed E-state index contributed by atoms with van der Waals surface area (Å²) in [6.07, 6.45) is -0.0118. The van der Waals surface area contributed by atoms with Gasteiger partial charge in [0.25, 0.3) is 5.91 Å². The van der Waals surface area contributed by atoms with Crippen molar-refractivity contribution in [3.8, 4) is 0 Å². The number of rotatable bonds is 4. The second-order valence-electron chi connectivity index (χ2n) is 3.61. The van der Waals surface area contributed by atoms with E-state index in [9.17, 15) is 4.79 Å². The molecule has 94 valence electrons. The Morgan fingerprint density at radius 1 is 1.35 bits per heavy atom. The van der Waals surface area contributed by atoms with E-state index in [-0.39, 0.29) is 20.6 Å². The highest BCUT2D eigenvalue weighted by Gasteiger charge is 2.16. The Balaban J connectivity index is 2.79. The van der Waals surface area contributed by atoms with Crippen LogP contribution in [0.3, 0.4) is 0 Å². The van der Waals surface area contributed by atoms with Crippen LogP contribution in [0.15, 0.2) is 12.1 Å². The molecule has 0 bridgehead atoms. The molecule has 0 fully saturated rings. The van der Waals surface area contributed by atoms with Crippen LogP contribution < -0.4 is 5.32 Å². The lowest BCUT2D eigenvalue weighted by Gasteiger charge is -2.10. The molecular weight excluding hydrogens is 284 g/mol. The maximum atomic E-state index is 11.8. The van der Waals surface area contributed by atoms with Gasteiger partial charge in [0.15, 0.2) is 0 Å². The zero-order valence-corrected chi connectivity index (χ0v) is 11.4. The van der Waals surface area contributed by atoms with Crippen LogP contribution in [0.25, 0.3) is 0 Å². The lowest BCUT2D eigenvalue weighted by molar-refractivity contribution is 0.0946. The topological polar surface area (TPSA) is 49.3 Å². The quantitative estimate of drug-likeness (QED) is 0.839. The molecular formula is C11H12Cl3NO2. The number of halogens is 3. The van der Waals surface area contributed by atoms with E-state index in [0.29, 0.717) is 13.0 Å². The fraction of sp³-hybridized carbons (Fsp3) is 0.364. The van der Waals surface area contributed by atoms with Crippen LogP contribution in [-0.2, 0) is 0 Å². The second-order valence-corrected chi connectivity index (χ2v) is 4.80. The summed E-state index contributed by atoms with van der Waals surface area (Å²) in [6, 6.07) is 3.04. The molecule has 0 aliphatic rings. The lowest BCUT2D eigenvalue weighted by Crippen LogP contribution is -2.27. The van der Waals surface area contributed by atoms with E-state index in [2.05, 4.69) is 5.32 Å². The van der Waals surface area contributed by atoms with E-state index in [0.717, 1.165) is 0 Å². The van der Waals surface area contributed by atoms with Gasteiger partial charge >= 0.3 is 0 Å². The summed E-state index contributed by atoms with van der Waals surface area (Å²) >= 11 is 17.6. The third-order valence-corrected chi connectivity index (χ3v) is 3.24.